The van der Waals surface area contributed by atoms with Gasteiger partial charge < -0.3 is 15.4 Å². The maximum atomic E-state index is 12.5. The van der Waals surface area contributed by atoms with Crippen LogP contribution in [0.5, 0.6) is 5.75 Å². The van der Waals surface area contributed by atoms with Crippen molar-refractivity contribution in [2.45, 2.75) is 17.1 Å². The second-order valence-corrected chi connectivity index (χ2v) is 8.84. The largest absolute Gasteiger partial charge is 0.497 e. The lowest BCUT2D eigenvalue weighted by atomic mass is 10.2. The van der Waals surface area contributed by atoms with Gasteiger partial charge in [-0.05, 0) is 61.5 Å². The van der Waals surface area contributed by atoms with E-state index in [2.05, 4.69) is 10.6 Å². The fraction of sp³-hybridized carbons (Fsp3) is 0.130. The van der Waals surface area contributed by atoms with Crippen molar-refractivity contribution in [3.05, 3.63) is 82.3 Å². The molecular formula is C23H20Cl2N2O3S. The minimum absolute atomic E-state index is 0.118. The lowest BCUT2D eigenvalue weighted by molar-refractivity contribution is -0.115. The fourth-order valence-corrected chi connectivity index (χ4v) is 4.05. The predicted molar refractivity (Wildman–Crippen MR) is 128 cm³/mol. The third-order valence-electron chi connectivity index (χ3n) is 4.31. The monoisotopic (exact) mass is 474 g/mol. The number of carbonyl (C=O) groups is 2. The minimum Gasteiger partial charge on any atom is -0.497 e. The van der Waals surface area contributed by atoms with E-state index in [0.717, 1.165) is 4.90 Å². The number of benzene rings is 3. The number of amides is 2. The van der Waals surface area contributed by atoms with Gasteiger partial charge in [0.15, 0.2) is 0 Å². The average molecular weight is 475 g/mol. The quantitative estimate of drug-likeness (QED) is 0.390. The second-order valence-electron chi connectivity index (χ2n) is 6.58. The van der Waals surface area contributed by atoms with Gasteiger partial charge in [0, 0.05) is 27.4 Å². The molecule has 2 N–H and O–H groups in total. The summed E-state index contributed by atoms with van der Waals surface area (Å²) in [5.74, 6) is 0.233. The summed E-state index contributed by atoms with van der Waals surface area (Å²) < 4.78 is 5.17. The number of methoxy groups -OCH3 is 1. The minimum atomic E-state index is -0.326. The highest BCUT2D eigenvalue weighted by atomic mass is 35.5. The Hall–Kier alpha value is -2.67. The first-order valence-corrected chi connectivity index (χ1v) is 11.0. The Morgan fingerprint density at radius 1 is 0.935 bits per heavy atom. The van der Waals surface area contributed by atoms with Crippen LogP contribution in [0.4, 0.5) is 11.4 Å². The van der Waals surface area contributed by atoms with Gasteiger partial charge in [-0.25, -0.2) is 0 Å². The average Bonchev–Trinajstić information content (AvgIpc) is 2.75. The van der Waals surface area contributed by atoms with Crippen LogP contribution in [-0.4, -0.2) is 24.2 Å². The van der Waals surface area contributed by atoms with Gasteiger partial charge in [0.05, 0.1) is 22.9 Å². The topological polar surface area (TPSA) is 67.4 Å². The van der Waals surface area contributed by atoms with Gasteiger partial charge in [-0.15, -0.1) is 11.8 Å². The molecule has 1 unspecified atom stereocenters. The normalized spacial score (nSPS) is 11.5. The molecule has 8 heteroatoms. The summed E-state index contributed by atoms with van der Waals surface area (Å²) in [5, 5.41) is 6.11. The molecule has 0 saturated heterocycles. The van der Waals surface area contributed by atoms with Crippen molar-refractivity contribution in [2.24, 2.45) is 0 Å². The Kier molecular flexibility index (Phi) is 7.85. The fourth-order valence-electron chi connectivity index (χ4n) is 2.69. The van der Waals surface area contributed by atoms with E-state index in [9.17, 15) is 9.59 Å². The maximum absolute atomic E-state index is 12.5. The van der Waals surface area contributed by atoms with Gasteiger partial charge in [0.25, 0.3) is 5.91 Å². The molecule has 3 aromatic rings. The molecule has 0 spiro atoms. The molecule has 2 amide bonds. The third kappa shape index (κ3) is 6.40. The smallest absolute Gasteiger partial charge is 0.257 e. The summed E-state index contributed by atoms with van der Waals surface area (Å²) in [6.07, 6.45) is 0. The Morgan fingerprint density at radius 3 is 2.35 bits per heavy atom. The highest BCUT2D eigenvalue weighted by Gasteiger charge is 2.15. The van der Waals surface area contributed by atoms with Gasteiger partial charge in [-0.3, -0.25) is 9.59 Å². The van der Waals surface area contributed by atoms with Crippen LogP contribution >= 0.6 is 35.0 Å². The lowest BCUT2D eigenvalue weighted by Gasteiger charge is -2.13. The number of anilines is 2. The molecule has 3 aromatic carbocycles. The van der Waals surface area contributed by atoms with Crippen molar-refractivity contribution in [3.63, 3.8) is 0 Å². The highest BCUT2D eigenvalue weighted by Crippen LogP contribution is 2.27. The van der Waals surface area contributed by atoms with Crippen molar-refractivity contribution in [1.29, 1.82) is 0 Å². The van der Waals surface area contributed by atoms with E-state index in [1.807, 2.05) is 37.3 Å². The molecule has 31 heavy (non-hydrogen) atoms. The summed E-state index contributed by atoms with van der Waals surface area (Å²) >= 11 is 13.4. The molecule has 0 aromatic heterocycles. The van der Waals surface area contributed by atoms with Gasteiger partial charge in [-0.1, -0.05) is 29.3 Å². The summed E-state index contributed by atoms with van der Waals surface area (Å²) in [5.41, 5.74) is 1.64. The van der Waals surface area contributed by atoms with E-state index in [0.29, 0.717) is 27.7 Å². The number of hydrogen-bond donors (Lipinski definition) is 2. The Labute approximate surface area is 195 Å². The molecule has 0 saturated carbocycles. The molecule has 0 fully saturated rings. The van der Waals surface area contributed by atoms with Crippen LogP contribution in [0.3, 0.4) is 0 Å². The Balaban J connectivity index is 1.58. The third-order valence-corrected chi connectivity index (χ3v) is 5.97. The summed E-state index contributed by atoms with van der Waals surface area (Å²) in [6.45, 7) is 1.83. The number of halogens is 2. The standard InChI is InChI=1S/C23H20Cl2N2O3S/c1-14(22(28)27-17-4-3-5-18(13-17)30-2)31-19-9-7-16(8-10-19)26-23(29)20-11-6-15(24)12-21(20)25/h3-14H,1-2H3,(H,26,29)(H,27,28). The van der Waals surface area contributed by atoms with Crippen LogP contribution in [0.2, 0.25) is 10.0 Å². The molecule has 0 aliphatic rings. The molecule has 3 rings (SSSR count). The zero-order valence-electron chi connectivity index (χ0n) is 16.8. The summed E-state index contributed by atoms with van der Waals surface area (Å²) in [4.78, 5) is 25.8. The van der Waals surface area contributed by atoms with Crippen LogP contribution in [0.15, 0.2) is 71.6 Å². The Bertz CT molecular complexity index is 1090. The van der Waals surface area contributed by atoms with Gasteiger partial charge >= 0.3 is 0 Å². The highest BCUT2D eigenvalue weighted by molar-refractivity contribution is 8.00. The number of nitrogens with one attached hydrogen (secondary N) is 2. The first kappa shape index (κ1) is 23.0. The van der Waals surface area contributed by atoms with Crippen LogP contribution in [0.1, 0.15) is 17.3 Å². The summed E-state index contributed by atoms with van der Waals surface area (Å²) in [7, 11) is 1.58. The predicted octanol–water partition coefficient (Wildman–Crippen LogP) is 6.37. The van der Waals surface area contributed by atoms with E-state index in [-0.39, 0.29) is 22.1 Å². The molecule has 0 bridgehead atoms. The van der Waals surface area contributed by atoms with Crippen LogP contribution < -0.4 is 15.4 Å². The molecule has 1 atom stereocenters. The zero-order chi connectivity index (χ0) is 22.4. The van der Waals surface area contributed by atoms with Crippen LogP contribution in [0, 0.1) is 0 Å². The SMILES string of the molecule is COc1cccc(NC(=O)C(C)Sc2ccc(NC(=O)c3ccc(Cl)cc3Cl)cc2)c1. The number of hydrogen-bond acceptors (Lipinski definition) is 4. The second kappa shape index (κ2) is 10.6. The van der Waals surface area contributed by atoms with E-state index in [1.165, 1.54) is 17.8 Å². The maximum Gasteiger partial charge on any atom is 0.257 e. The molecule has 160 valence electrons. The van der Waals surface area contributed by atoms with Crippen LogP contribution in [0.25, 0.3) is 0 Å². The van der Waals surface area contributed by atoms with Crippen molar-refractivity contribution in [3.8, 4) is 5.75 Å². The first-order chi connectivity index (χ1) is 14.9. The summed E-state index contributed by atoms with van der Waals surface area (Å²) in [6, 6.07) is 19.2. The first-order valence-electron chi connectivity index (χ1n) is 9.34. The number of carbonyl (C=O) groups excluding carboxylic acids is 2. The molecule has 0 heterocycles. The lowest BCUT2D eigenvalue weighted by Crippen LogP contribution is -2.22. The van der Waals surface area contributed by atoms with Crippen molar-refractivity contribution >= 4 is 58.2 Å². The molecular weight excluding hydrogens is 455 g/mol. The van der Waals surface area contributed by atoms with Crippen LogP contribution in [-0.2, 0) is 4.79 Å². The number of rotatable bonds is 7. The molecule has 0 radical (unpaired) electrons. The van der Waals surface area contributed by atoms with E-state index < -0.39 is 0 Å². The van der Waals surface area contributed by atoms with E-state index in [4.69, 9.17) is 27.9 Å². The number of ether oxygens (including phenoxy) is 1. The molecule has 0 aliphatic heterocycles. The Morgan fingerprint density at radius 2 is 1.68 bits per heavy atom. The van der Waals surface area contributed by atoms with E-state index >= 15 is 0 Å². The van der Waals surface area contributed by atoms with Crippen molar-refractivity contribution in [2.75, 3.05) is 17.7 Å². The molecule has 5 nitrogen and oxygen atoms in total. The van der Waals surface area contributed by atoms with Gasteiger partial charge in [0.2, 0.25) is 5.91 Å². The van der Waals surface area contributed by atoms with Crippen molar-refractivity contribution in [1.82, 2.24) is 0 Å². The molecule has 0 aliphatic carbocycles. The number of thioether (sulfide) groups is 1. The van der Waals surface area contributed by atoms with Gasteiger partial charge in [-0.2, -0.15) is 0 Å². The van der Waals surface area contributed by atoms with E-state index in [1.54, 1.807) is 37.4 Å². The van der Waals surface area contributed by atoms with Crippen molar-refractivity contribution < 1.29 is 14.3 Å². The van der Waals surface area contributed by atoms with Gasteiger partial charge in [0.1, 0.15) is 5.75 Å². The zero-order valence-corrected chi connectivity index (χ0v) is 19.1.